The van der Waals surface area contributed by atoms with E-state index in [0.717, 1.165) is 53.5 Å². The number of pyridine rings is 1. The molecule has 2 aliphatic rings. The maximum Gasteiger partial charge on any atom is 0.465 e. The molecule has 4 rings (SSSR count). The van der Waals surface area contributed by atoms with Crippen LogP contribution in [0.3, 0.4) is 0 Å². The second-order valence-electron chi connectivity index (χ2n) is 7.06. The fourth-order valence-electron chi connectivity index (χ4n) is 4.06. The van der Waals surface area contributed by atoms with Crippen molar-refractivity contribution in [1.29, 1.82) is 0 Å². The maximum absolute atomic E-state index is 11.8. The number of H-pyrrole nitrogens is 1. The fourth-order valence-corrected chi connectivity index (χ4v) is 5.18. The van der Waals surface area contributed by atoms with Gasteiger partial charge in [-0.15, -0.1) is 0 Å². The molecule has 1 fully saturated rings. The van der Waals surface area contributed by atoms with E-state index in [2.05, 4.69) is 25.1 Å². The monoisotopic (exact) mass is 375 g/mol. The van der Waals surface area contributed by atoms with Crippen LogP contribution in [0.2, 0.25) is 0 Å². The largest absolute Gasteiger partial charge is 0.465 e. The van der Waals surface area contributed by atoms with E-state index in [4.69, 9.17) is 0 Å². The molecular weight excluding hydrogens is 353 g/mol. The summed E-state index contributed by atoms with van der Waals surface area (Å²) in [5.41, 5.74) is 3.40. The Morgan fingerprint density at radius 3 is 2.85 bits per heavy atom. The first-order valence-corrected chi connectivity index (χ1v) is 10.5. The Balaban J connectivity index is 1.58. The summed E-state index contributed by atoms with van der Waals surface area (Å²) >= 11 is 0. The van der Waals surface area contributed by atoms with Gasteiger partial charge in [-0.05, 0) is 44.7 Å². The van der Waals surface area contributed by atoms with Crippen LogP contribution in [0.4, 0.5) is 0 Å². The number of sulfonamides is 1. The molecule has 0 saturated heterocycles. The third-order valence-corrected chi connectivity index (χ3v) is 7.01. The lowest BCUT2D eigenvalue weighted by molar-refractivity contribution is 0.343. The zero-order chi connectivity index (χ0) is 18.3. The summed E-state index contributed by atoms with van der Waals surface area (Å²) in [7, 11) is -2.58. The minimum Gasteiger partial charge on any atom is -0.428 e. The Morgan fingerprint density at radius 2 is 2.12 bits per heavy atom. The van der Waals surface area contributed by atoms with Crippen LogP contribution in [-0.2, 0) is 10.0 Å². The van der Waals surface area contributed by atoms with Crippen molar-refractivity contribution in [1.82, 2.24) is 20.0 Å². The third-order valence-electron chi connectivity index (χ3n) is 5.47. The number of aromatic nitrogens is 2. The van der Waals surface area contributed by atoms with Crippen molar-refractivity contribution in [3.05, 3.63) is 24.0 Å². The molecule has 0 amide bonds. The van der Waals surface area contributed by atoms with Crippen molar-refractivity contribution < 1.29 is 13.4 Å². The Labute approximate surface area is 152 Å². The van der Waals surface area contributed by atoms with Gasteiger partial charge in [0.15, 0.2) is 0 Å². The van der Waals surface area contributed by atoms with Crippen LogP contribution in [0.15, 0.2) is 23.6 Å². The predicted molar refractivity (Wildman–Crippen MR) is 102 cm³/mol. The summed E-state index contributed by atoms with van der Waals surface area (Å²) in [6, 6.07) is 1.96. The minimum atomic E-state index is -3.18. The van der Waals surface area contributed by atoms with E-state index in [1.54, 1.807) is 6.20 Å². The van der Waals surface area contributed by atoms with Crippen LogP contribution in [-0.4, -0.2) is 49.0 Å². The van der Waals surface area contributed by atoms with Crippen LogP contribution in [0.25, 0.3) is 11.0 Å². The highest BCUT2D eigenvalue weighted by Gasteiger charge is 2.34. The highest BCUT2D eigenvalue weighted by Crippen LogP contribution is 2.33. The molecule has 10 heteroatoms. The number of nitrogens with zero attached hydrogens (tertiary/aromatic N) is 2. The summed E-state index contributed by atoms with van der Waals surface area (Å²) in [6.45, 7) is 0. The molecule has 0 spiro atoms. The quantitative estimate of drug-likeness (QED) is 0.557. The van der Waals surface area contributed by atoms with E-state index < -0.39 is 17.1 Å². The van der Waals surface area contributed by atoms with Gasteiger partial charge >= 0.3 is 7.05 Å². The van der Waals surface area contributed by atoms with Gasteiger partial charge in [0.2, 0.25) is 10.0 Å². The van der Waals surface area contributed by atoms with Crippen LogP contribution < -0.4 is 15.5 Å². The topological polar surface area (TPSA) is 119 Å². The molecule has 2 aromatic rings. The van der Waals surface area contributed by atoms with Gasteiger partial charge in [0.1, 0.15) is 5.65 Å². The molecule has 1 saturated carbocycles. The minimum absolute atomic E-state index is 0.177. The average molecular weight is 375 g/mol. The highest BCUT2D eigenvalue weighted by atomic mass is 32.2. The number of hydrogen-bond donors (Lipinski definition) is 4. The average Bonchev–Trinajstić information content (AvgIpc) is 3.12. The summed E-state index contributed by atoms with van der Waals surface area (Å²) in [6.07, 6.45) is 6.99. The molecule has 1 aliphatic heterocycles. The highest BCUT2D eigenvalue weighted by molar-refractivity contribution is 7.89. The van der Waals surface area contributed by atoms with Gasteiger partial charge < -0.3 is 15.3 Å². The smallest absolute Gasteiger partial charge is 0.428 e. The molecular formula is C16H22BN5O3S. The first-order chi connectivity index (χ1) is 12.5. The SMILES string of the molecule is CNS(=O)(=O)C[C@H]1CC[C@H](C2=NNB(O)c3cnc4[nH]ccc4c32)CC1. The molecule has 3 heterocycles. The summed E-state index contributed by atoms with van der Waals surface area (Å²) in [5, 5.41) is 18.4. The van der Waals surface area contributed by atoms with Gasteiger partial charge in [-0.1, -0.05) is 0 Å². The lowest BCUT2D eigenvalue weighted by atomic mass is 9.68. The van der Waals surface area contributed by atoms with E-state index in [9.17, 15) is 13.4 Å². The number of hydrazone groups is 1. The van der Waals surface area contributed by atoms with Gasteiger partial charge in [0.05, 0.1) is 11.5 Å². The molecule has 2 aromatic heterocycles. The van der Waals surface area contributed by atoms with Crippen molar-refractivity contribution in [3.63, 3.8) is 0 Å². The van der Waals surface area contributed by atoms with E-state index in [-0.39, 0.29) is 17.6 Å². The molecule has 0 radical (unpaired) electrons. The molecule has 26 heavy (non-hydrogen) atoms. The van der Waals surface area contributed by atoms with Gasteiger partial charge in [0.25, 0.3) is 0 Å². The zero-order valence-electron chi connectivity index (χ0n) is 14.6. The molecule has 8 nitrogen and oxygen atoms in total. The Hall–Kier alpha value is -1.91. The van der Waals surface area contributed by atoms with Gasteiger partial charge in [-0.2, -0.15) is 5.10 Å². The first kappa shape index (κ1) is 17.5. The number of hydrogen-bond acceptors (Lipinski definition) is 6. The van der Waals surface area contributed by atoms with Crippen molar-refractivity contribution in [3.8, 4) is 0 Å². The van der Waals surface area contributed by atoms with Gasteiger partial charge in [-0.3, -0.25) is 0 Å². The number of nitrogens with one attached hydrogen (secondary N) is 3. The Morgan fingerprint density at radius 1 is 1.35 bits per heavy atom. The summed E-state index contributed by atoms with van der Waals surface area (Å²) in [5.74, 6) is 0.598. The zero-order valence-corrected chi connectivity index (χ0v) is 15.4. The third kappa shape index (κ3) is 3.12. The predicted octanol–water partition coefficient (Wildman–Crippen LogP) is -0.0867. The second kappa shape index (κ2) is 6.68. The summed E-state index contributed by atoms with van der Waals surface area (Å²) in [4.78, 5) is 7.47. The van der Waals surface area contributed by atoms with Crippen LogP contribution in [0.1, 0.15) is 31.2 Å². The van der Waals surface area contributed by atoms with Crippen LogP contribution in [0.5, 0.6) is 0 Å². The van der Waals surface area contributed by atoms with Gasteiger partial charge in [0, 0.05) is 34.7 Å². The fraction of sp³-hybridized carbons (Fsp3) is 0.500. The summed E-state index contributed by atoms with van der Waals surface area (Å²) < 4.78 is 26.0. The van der Waals surface area contributed by atoms with Gasteiger partial charge in [-0.25, -0.2) is 18.1 Å². The number of aromatic amines is 1. The van der Waals surface area contributed by atoms with Crippen molar-refractivity contribution in [2.45, 2.75) is 25.7 Å². The molecule has 0 aromatic carbocycles. The van der Waals surface area contributed by atoms with E-state index in [1.165, 1.54) is 7.05 Å². The van der Waals surface area contributed by atoms with Crippen molar-refractivity contribution in [2.24, 2.45) is 16.9 Å². The molecule has 0 bridgehead atoms. The van der Waals surface area contributed by atoms with Crippen molar-refractivity contribution >= 4 is 39.3 Å². The van der Waals surface area contributed by atoms with Crippen molar-refractivity contribution in [2.75, 3.05) is 12.8 Å². The standard InChI is InChI=1S/C16H22BN5O3S/c1-18-26(24,25)9-10-2-4-11(5-3-10)15-14-12-6-7-19-16(12)20-8-13(14)17(23)22-21-15/h6-8,10-11,18,22-23H,2-5,9H2,1H3,(H,19,20)/t10-,11-. The Bertz CT molecular complexity index is 950. The molecule has 1 aliphatic carbocycles. The van der Waals surface area contributed by atoms with E-state index >= 15 is 0 Å². The van der Waals surface area contributed by atoms with Crippen LogP contribution >= 0.6 is 0 Å². The van der Waals surface area contributed by atoms with E-state index in [1.807, 2.05) is 12.3 Å². The van der Waals surface area contributed by atoms with E-state index in [0.29, 0.717) is 0 Å². The normalized spacial score (nSPS) is 23.5. The molecule has 0 unspecified atom stereocenters. The molecule has 0 atom stereocenters. The van der Waals surface area contributed by atoms with Crippen LogP contribution in [0, 0.1) is 11.8 Å². The lowest BCUT2D eigenvalue weighted by Crippen LogP contribution is -2.50. The second-order valence-corrected chi connectivity index (χ2v) is 9.03. The number of fused-ring (bicyclic) bond motifs is 3. The molecule has 138 valence electrons. The lowest BCUT2D eigenvalue weighted by Gasteiger charge is -2.31. The first-order valence-electron chi connectivity index (χ1n) is 8.87. The molecule has 4 N–H and O–H groups in total. The Kier molecular flexibility index (Phi) is 4.50. The maximum atomic E-state index is 11.8. The number of rotatable bonds is 4.